The molecular formula is O4SSn+2. The molecule has 0 atom stereocenters. The molecule has 0 amide bonds. The van der Waals surface area contributed by atoms with Gasteiger partial charge in [0.1, 0.15) is 0 Å². The molecular weight excluding hydrogens is 215 g/mol. The standard InChI is InChI=1S/H2O4S.Sn/c1-5(2,3)4;/h(H2,1,2,3,4);/q;+4/p-2. The Labute approximate surface area is 52.1 Å². The van der Waals surface area contributed by atoms with Gasteiger partial charge in [0, 0.05) is 10.4 Å². The topological polar surface area (TPSA) is 80.3 Å². The molecule has 0 bridgehead atoms. The number of rotatable bonds is 0. The van der Waals surface area contributed by atoms with Gasteiger partial charge in [0.25, 0.3) is 0 Å². The molecule has 0 N–H and O–H groups in total. The van der Waals surface area contributed by atoms with Crippen molar-refractivity contribution in [3.8, 4) is 0 Å². The van der Waals surface area contributed by atoms with E-state index in [0.29, 0.717) is 0 Å². The Hall–Kier alpha value is 0.669. The molecule has 6 heavy (non-hydrogen) atoms. The van der Waals surface area contributed by atoms with Gasteiger partial charge in [-0.2, -0.15) is 0 Å². The van der Waals surface area contributed by atoms with E-state index < -0.39 is 10.4 Å². The number of hydrogen-bond acceptors (Lipinski definition) is 4. The third-order valence-corrected chi connectivity index (χ3v) is 0. The first kappa shape index (κ1) is 9.83. The van der Waals surface area contributed by atoms with Gasteiger partial charge in [-0.05, 0) is 0 Å². The summed E-state index contributed by atoms with van der Waals surface area (Å²) >= 11 is 0. The van der Waals surface area contributed by atoms with Crippen LogP contribution in [-0.2, 0) is 10.4 Å². The van der Waals surface area contributed by atoms with Crippen molar-refractivity contribution >= 4 is 34.3 Å². The molecule has 0 aromatic carbocycles. The third-order valence-electron chi connectivity index (χ3n) is 0. The van der Waals surface area contributed by atoms with E-state index in [1.165, 1.54) is 0 Å². The van der Waals surface area contributed by atoms with E-state index in [0.717, 1.165) is 0 Å². The molecule has 0 aliphatic rings. The maximum absolute atomic E-state index is 8.52. The largest absolute Gasteiger partial charge is 4.00 e. The van der Waals surface area contributed by atoms with Crippen LogP contribution in [0.15, 0.2) is 0 Å². The van der Waals surface area contributed by atoms with Gasteiger partial charge in [-0.15, -0.1) is 0 Å². The maximum Gasteiger partial charge on any atom is 4.00 e. The Morgan fingerprint density at radius 2 is 1.17 bits per heavy atom. The summed E-state index contributed by atoms with van der Waals surface area (Å²) in [5.74, 6) is 0. The molecule has 6 heteroatoms. The van der Waals surface area contributed by atoms with E-state index in [2.05, 4.69) is 0 Å². The van der Waals surface area contributed by atoms with Crippen LogP contribution in [0.2, 0.25) is 0 Å². The molecule has 0 saturated carbocycles. The van der Waals surface area contributed by atoms with E-state index >= 15 is 0 Å². The first-order chi connectivity index (χ1) is 2.00. The Kier molecular flexibility index (Phi) is 4.55. The van der Waals surface area contributed by atoms with E-state index in [1.54, 1.807) is 0 Å². The predicted octanol–water partition coefficient (Wildman–Crippen LogP) is -1.72. The van der Waals surface area contributed by atoms with Crippen LogP contribution in [0, 0.1) is 0 Å². The van der Waals surface area contributed by atoms with Crippen molar-refractivity contribution in [3.63, 3.8) is 0 Å². The fraction of sp³-hybridized carbons (Fsp3) is 0. The van der Waals surface area contributed by atoms with Crippen molar-refractivity contribution < 1.29 is 17.5 Å². The second-order valence-electron chi connectivity index (χ2n) is 0.408. The Balaban J connectivity index is 0. The summed E-state index contributed by atoms with van der Waals surface area (Å²) in [6, 6.07) is 0. The van der Waals surface area contributed by atoms with Crippen molar-refractivity contribution in [1.82, 2.24) is 0 Å². The minimum Gasteiger partial charge on any atom is -0.759 e. The molecule has 0 aliphatic heterocycles. The van der Waals surface area contributed by atoms with Gasteiger partial charge in [0.15, 0.2) is 0 Å². The van der Waals surface area contributed by atoms with Crippen LogP contribution in [0.1, 0.15) is 0 Å². The van der Waals surface area contributed by atoms with Crippen LogP contribution >= 0.6 is 0 Å². The molecule has 0 fully saturated rings. The van der Waals surface area contributed by atoms with Gasteiger partial charge >= 0.3 is 23.9 Å². The molecule has 0 saturated heterocycles. The summed E-state index contributed by atoms with van der Waals surface area (Å²) in [7, 11) is -5.17. The maximum atomic E-state index is 8.52. The Morgan fingerprint density at radius 3 is 1.17 bits per heavy atom. The third kappa shape index (κ3) is 141. The Bertz CT molecular complexity index is 90.7. The molecule has 0 aromatic rings. The summed E-state index contributed by atoms with van der Waals surface area (Å²) in [6.45, 7) is 0. The quantitative estimate of drug-likeness (QED) is 0.273. The first-order valence-corrected chi connectivity index (χ1v) is 2.00. The van der Waals surface area contributed by atoms with Gasteiger partial charge in [0.2, 0.25) is 0 Å². The normalized spacial score (nSPS) is 9.67. The van der Waals surface area contributed by atoms with E-state index in [9.17, 15) is 0 Å². The molecule has 4 nitrogen and oxygen atoms in total. The molecule has 32 valence electrons. The molecule has 0 heterocycles. The van der Waals surface area contributed by atoms with Crippen LogP contribution in [-0.4, -0.2) is 41.4 Å². The van der Waals surface area contributed by atoms with Crippen molar-refractivity contribution in [2.75, 3.05) is 0 Å². The second kappa shape index (κ2) is 2.78. The SMILES string of the molecule is O=S(=O)([O-])[O-].[Sn+4]. The molecule has 0 radical (unpaired) electrons. The summed E-state index contributed by atoms with van der Waals surface area (Å²) < 4.78 is 34.1. The molecule has 0 aliphatic carbocycles. The average Bonchev–Trinajstić information content (AvgIpc) is 0.722. The molecule has 0 aromatic heterocycles. The molecule has 0 spiro atoms. The van der Waals surface area contributed by atoms with Crippen LogP contribution in [0.3, 0.4) is 0 Å². The fourth-order valence-corrected chi connectivity index (χ4v) is 0. The summed E-state index contributed by atoms with van der Waals surface area (Å²) in [5, 5.41) is 0. The second-order valence-corrected chi connectivity index (χ2v) is 1.22. The minimum atomic E-state index is -5.17. The zero-order valence-corrected chi connectivity index (χ0v) is 6.21. The monoisotopic (exact) mass is 216 g/mol. The van der Waals surface area contributed by atoms with Gasteiger partial charge in [-0.3, -0.25) is 8.42 Å². The van der Waals surface area contributed by atoms with Crippen molar-refractivity contribution in [2.24, 2.45) is 0 Å². The average molecular weight is 215 g/mol. The summed E-state index contributed by atoms with van der Waals surface area (Å²) in [4.78, 5) is 0. The van der Waals surface area contributed by atoms with E-state index in [1.807, 2.05) is 0 Å². The Morgan fingerprint density at radius 1 is 1.17 bits per heavy atom. The van der Waals surface area contributed by atoms with Gasteiger partial charge in [0.05, 0.1) is 0 Å². The van der Waals surface area contributed by atoms with Crippen LogP contribution < -0.4 is 0 Å². The summed E-state index contributed by atoms with van der Waals surface area (Å²) in [6.07, 6.45) is 0. The van der Waals surface area contributed by atoms with Gasteiger partial charge in [-0.25, -0.2) is 0 Å². The van der Waals surface area contributed by atoms with Crippen LogP contribution in [0.4, 0.5) is 0 Å². The predicted molar refractivity (Wildman–Crippen MR) is 16.2 cm³/mol. The molecule has 0 unspecified atom stereocenters. The van der Waals surface area contributed by atoms with Crippen LogP contribution in [0.5, 0.6) is 0 Å². The summed E-state index contributed by atoms with van der Waals surface area (Å²) in [5.41, 5.74) is 0. The van der Waals surface area contributed by atoms with E-state index in [-0.39, 0.29) is 23.9 Å². The van der Waals surface area contributed by atoms with Crippen molar-refractivity contribution in [1.29, 1.82) is 0 Å². The van der Waals surface area contributed by atoms with Gasteiger partial charge in [-0.1, -0.05) is 0 Å². The van der Waals surface area contributed by atoms with Crippen molar-refractivity contribution in [2.45, 2.75) is 0 Å². The smallest absolute Gasteiger partial charge is 0.759 e. The molecule has 0 rings (SSSR count). The number of hydrogen-bond donors (Lipinski definition) is 0. The van der Waals surface area contributed by atoms with Crippen LogP contribution in [0.25, 0.3) is 0 Å². The van der Waals surface area contributed by atoms with Crippen molar-refractivity contribution in [3.05, 3.63) is 0 Å². The first-order valence-electron chi connectivity index (χ1n) is 0.667. The zero-order valence-electron chi connectivity index (χ0n) is 2.54. The fourth-order valence-electron chi connectivity index (χ4n) is 0. The zero-order chi connectivity index (χ0) is 4.50. The minimum absolute atomic E-state index is 0. The van der Waals surface area contributed by atoms with Gasteiger partial charge < -0.3 is 9.11 Å². The van der Waals surface area contributed by atoms with E-state index in [4.69, 9.17) is 17.5 Å².